The van der Waals surface area contributed by atoms with Gasteiger partial charge in [0.2, 0.25) is 0 Å². The number of aryl methyl sites for hydroxylation is 1. The van der Waals surface area contributed by atoms with Crippen molar-refractivity contribution in [2.45, 2.75) is 51.6 Å². The largest absolute Gasteiger partial charge is 0.459 e. The maximum absolute atomic E-state index is 11.8. The van der Waals surface area contributed by atoms with Crippen molar-refractivity contribution in [2.75, 3.05) is 0 Å². The van der Waals surface area contributed by atoms with Crippen molar-refractivity contribution in [1.82, 2.24) is 0 Å². The molecule has 0 atom stereocenters. The van der Waals surface area contributed by atoms with Crippen molar-refractivity contribution in [3.05, 3.63) is 35.4 Å². The van der Waals surface area contributed by atoms with Gasteiger partial charge in [0.05, 0.1) is 5.56 Å². The molecule has 0 bridgehead atoms. The molecule has 1 aromatic carbocycles. The number of carbonyl (C=O) groups excluding carboxylic acids is 1. The molecule has 0 aliphatic heterocycles. The molecule has 0 amide bonds. The van der Waals surface area contributed by atoms with Gasteiger partial charge in [-0.15, -0.1) is 0 Å². The van der Waals surface area contributed by atoms with Crippen LogP contribution in [0.15, 0.2) is 24.3 Å². The molecule has 0 saturated heterocycles. The summed E-state index contributed by atoms with van der Waals surface area (Å²) in [6.45, 7) is 2.18. The lowest BCUT2D eigenvalue weighted by molar-refractivity contribution is 0.00901. The van der Waals surface area contributed by atoms with Gasteiger partial charge in [-0.05, 0) is 49.8 Å². The van der Waals surface area contributed by atoms with E-state index in [0.717, 1.165) is 19.3 Å². The third kappa shape index (κ3) is 3.32. The van der Waals surface area contributed by atoms with Gasteiger partial charge in [0.15, 0.2) is 0 Å². The first kappa shape index (κ1) is 12.2. The molecule has 2 nitrogen and oxygen atoms in total. The number of rotatable bonds is 5. The van der Waals surface area contributed by atoms with Crippen molar-refractivity contribution < 1.29 is 9.53 Å². The van der Waals surface area contributed by atoms with Crippen LogP contribution >= 0.6 is 0 Å². The molecule has 2 rings (SSSR count). The summed E-state index contributed by atoms with van der Waals surface area (Å²) in [4.78, 5) is 11.8. The molecule has 0 heterocycles. The second-order valence-electron chi connectivity index (χ2n) is 4.76. The van der Waals surface area contributed by atoms with Gasteiger partial charge in [-0.3, -0.25) is 0 Å². The van der Waals surface area contributed by atoms with Crippen LogP contribution in [-0.2, 0) is 11.2 Å². The Balaban J connectivity index is 1.89. The molecular formula is C15H20O2. The van der Waals surface area contributed by atoms with E-state index in [4.69, 9.17) is 4.74 Å². The van der Waals surface area contributed by atoms with Crippen molar-refractivity contribution in [2.24, 2.45) is 0 Å². The Bertz CT molecular complexity index is 363. The first-order valence-electron chi connectivity index (χ1n) is 6.59. The van der Waals surface area contributed by atoms with Gasteiger partial charge in [-0.2, -0.15) is 0 Å². The van der Waals surface area contributed by atoms with Crippen molar-refractivity contribution in [3.8, 4) is 0 Å². The van der Waals surface area contributed by atoms with Crippen molar-refractivity contribution in [3.63, 3.8) is 0 Å². The smallest absolute Gasteiger partial charge is 0.338 e. The zero-order valence-corrected chi connectivity index (χ0v) is 10.4. The van der Waals surface area contributed by atoms with Crippen molar-refractivity contribution >= 4 is 5.97 Å². The summed E-state index contributed by atoms with van der Waals surface area (Å²) in [7, 11) is 0. The third-order valence-electron chi connectivity index (χ3n) is 3.33. The number of hydrogen-bond acceptors (Lipinski definition) is 2. The third-order valence-corrected chi connectivity index (χ3v) is 3.33. The fourth-order valence-electron chi connectivity index (χ4n) is 1.90. The highest BCUT2D eigenvalue weighted by atomic mass is 16.5. The first-order chi connectivity index (χ1) is 8.29. The van der Waals surface area contributed by atoms with Gasteiger partial charge in [0, 0.05) is 0 Å². The van der Waals surface area contributed by atoms with Crippen LogP contribution in [0.5, 0.6) is 0 Å². The fourth-order valence-corrected chi connectivity index (χ4v) is 1.90. The molecule has 0 aromatic heterocycles. The van der Waals surface area contributed by atoms with Crippen LogP contribution in [0.2, 0.25) is 0 Å². The Morgan fingerprint density at radius 2 is 2.00 bits per heavy atom. The summed E-state index contributed by atoms with van der Waals surface area (Å²) < 4.78 is 5.35. The van der Waals surface area contributed by atoms with Crippen molar-refractivity contribution in [1.29, 1.82) is 0 Å². The molecule has 1 aliphatic carbocycles. The van der Waals surface area contributed by atoms with E-state index < -0.39 is 0 Å². The SMILES string of the molecule is CCCCc1ccc(C(=O)OC2CCC2)cc1. The Labute approximate surface area is 103 Å². The van der Waals surface area contributed by atoms with E-state index in [0.29, 0.717) is 5.56 Å². The molecule has 2 heteroatoms. The van der Waals surface area contributed by atoms with E-state index in [2.05, 4.69) is 6.92 Å². The number of hydrogen-bond donors (Lipinski definition) is 0. The minimum atomic E-state index is -0.170. The van der Waals surface area contributed by atoms with Crippen LogP contribution in [0.1, 0.15) is 54.9 Å². The molecule has 1 aliphatic rings. The highest BCUT2D eigenvalue weighted by Gasteiger charge is 2.22. The van der Waals surface area contributed by atoms with Crippen LogP contribution in [0, 0.1) is 0 Å². The number of benzene rings is 1. The highest BCUT2D eigenvalue weighted by Crippen LogP contribution is 2.23. The summed E-state index contributed by atoms with van der Waals surface area (Å²) in [5, 5.41) is 0. The van der Waals surface area contributed by atoms with Crippen LogP contribution in [0.3, 0.4) is 0 Å². The molecule has 0 radical (unpaired) electrons. The molecule has 1 aromatic rings. The standard InChI is InChI=1S/C15H20O2/c1-2-3-5-12-8-10-13(11-9-12)15(16)17-14-6-4-7-14/h8-11,14H,2-7H2,1H3. The van der Waals surface area contributed by atoms with Gasteiger partial charge in [0.1, 0.15) is 6.10 Å². The quantitative estimate of drug-likeness (QED) is 0.723. The lowest BCUT2D eigenvalue weighted by atomic mass is 9.96. The Morgan fingerprint density at radius 1 is 1.29 bits per heavy atom. The maximum atomic E-state index is 11.8. The van der Waals surface area contributed by atoms with E-state index in [-0.39, 0.29) is 12.1 Å². The number of ether oxygens (including phenoxy) is 1. The molecule has 0 N–H and O–H groups in total. The van der Waals surface area contributed by atoms with E-state index in [1.165, 1.54) is 24.8 Å². The Morgan fingerprint density at radius 3 is 2.53 bits per heavy atom. The van der Waals surface area contributed by atoms with Gasteiger partial charge in [-0.25, -0.2) is 4.79 Å². The first-order valence-corrected chi connectivity index (χ1v) is 6.59. The minimum absolute atomic E-state index is 0.169. The van der Waals surface area contributed by atoms with Gasteiger partial charge < -0.3 is 4.74 Å². The molecule has 1 saturated carbocycles. The van der Waals surface area contributed by atoms with E-state index >= 15 is 0 Å². The average molecular weight is 232 g/mol. The van der Waals surface area contributed by atoms with Gasteiger partial charge in [-0.1, -0.05) is 25.5 Å². The molecular weight excluding hydrogens is 212 g/mol. The number of unbranched alkanes of at least 4 members (excludes halogenated alkanes) is 1. The minimum Gasteiger partial charge on any atom is -0.459 e. The second kappa shape index (κ2) is 5.85. The molecule has 0 spiro atoms. The molecule has 92 valence electrons. The normalized spacial score (nSPS) is 15.4. The molecule has 17 heavy (non-hydrogen) atoms. The van der Waals surface area contributed by atoms with Crippen LogP contribution in [0.4, 0.5) is 0 Å². The van der Waals surface area contributed by atoms with E-state index in [1.807, 2.05) is 24.3 Å². The predicted molar refractivity (Wildman–Crippen MR) is 68.1 cm³/mol. The lowest BCUT2D eigenvalue weighted by Crippen LogP contribution is -2.25. The summed E-state index contributed by atoms with van der Waals surface area (Å²) in [5.74, 6) is -0.170. The van der Waals surface area contributed by atoms with Crippen LogP contribution < -0.4 is 0 Å². The number of esters is 1. The Hall–Kier alpha value is -1.31. The predicted octanol–water partition coefficient (Wildman–Crippen LogP) is 3.74. The van der Waals surface area contributed by atoms with Gasteiger partial charge in [0.25, 0.3) is 0 Å². The molecule has 0 unspecified atom stereocenters. The van der Waals surface area contributed by atoms with E-state index in [9.17, 15) is 4.79 Å². The average Bonchev–Trinajstić information content (AvgIpc) is 2.31. The monoisotopic (exact) mass is 232 g/mol. The zero-order chi connectivity index (χ0) is 12.1. The topological polar surface area (TPSA) is 26.3 Å². The van der Waals surface area contributed by atoms with Gasteiger partial charge >= 0.3 is 5.97 Å². The highest BCUT2D eigenvalue weighted by molar-refractivity contribution is 5.89. The summed E-state index contributed by atoms with van der Waals surface area (Å²) in [6.07, 6.45) is 6.91. The Kier molecular flexibility index (Phi) is 4.18. The van der Waals surface area contributed by atoms with E-state index in [1.54, 1.807) is 0 Å². The maximum Gasteiger partial charge on any atom is 0.338 e. The number of carbonyl (C=O) groups is 1. The van der Waals surface area contributed by atoms with Crippen LogP contribution in [-0.4, -0.2) is 12.1 Å². The summed E-state index contributed by atoms with van der Waals surface area (Å²) >= 11 is 0. The fraction of sp³-hybridized carbons (Fsp3) is 0.533. The summed E-state index contributed by atoms with van der Waals surface area (Å²) in [6, 6.07) is 7.83. The summed E-state index contributed by atoms with van der Waals surface area (Å²) in [5.41, 5.74) is 1.98. The lowest BCUT2D eigenvalue weighted by Gasteiger charge is -2.25. The van der Waals surface area contributed by atoms with Crippen LogP contribution in [0.25, 0.3) is 0 Å². The molecule has 1 fully saturated rings. The zero-order valence-electron chi connectivity index (χ0n) is 10.4. The second-order valence-corrected chi connectivity index (χ2v) is 4.76.